The lowest BCUT2D eigenvalue weighted by Gasteiger charge is -2.02. The Morgan fingerprint density at radius 1 is 1.82 bits per heavy atom. The van der Waals surface area contributed by atoms with Crippen molar-refractivity contribution in [1.29, 1.82) is 0 Å². The number of amides is 1. The molecule has 1 heterocycles. The highest BCUT2D eigenvalue weighted by Crippen LogP contribution is 2.10. The summed E-state index contributed by atoms with van der Waals surface area (Å²) in [6.07, 6.45) is 0.116. The second-order valence-electron chi connectivity index (χ2n) is 2.11. The standard InChI is InChI=1S/C5H8N4OS/c6-3(1-5(7)10)4-2-11-9-8-4/h2-3H,1,6H2,(H2,7,10)/t3-/m1/s1. The van der Waals surface area contributed by atoms with Gasteiger partial charge in [-0.2, -0.15) is 0 Å². The maximum absolute atomic E-state index is 10.4. The number of carbonyl (C=O) groups excluding carboxylic acids is 1. The molecule has 0 spiro atoms. The first kappa shape index (κ1) is 8.09. The molecule has 1 aromatic rings. The third kappa shape index (κ3) is 2.24. The van der Waals surface area contributed by atoms with E-state index in [1.807, 2.05) is 0 Å². The summed E-state index contributed by atoms with van der Waals surface area (Å²) in [6.45, 7) is 0. The molecule has 11 heavy (non-hydrogen) atoms. The average molecular weight is 172 g/mol. The normalized spacial score (nSPS) is 12.8. The lowest BCUT2D eigenvalue weighted by atomic mass is 10.2. The van der Waals surface area contributed by atoms with Crippen LogP contribution in [0.5, 0.6) is 0 Å². The number of hydrogen-bond acceptors (Lipinski definition) is 5. The van der Waals surface area contributed by atoms with Crippen molar-refractivity contribution in [2.45, 2.75) is 12.5 Å². The molecule has 1 amide bonds. The number of rotatable bonds is 3. The van der Waals surface area contributed by atoms with Gasteiger partial charge in [-0.1, -0.05) is 4.49 Å². The lowest BCUT2D eigenvalue weighted by molar-refractivity contribution is -0.118. The van der Waals surface area contributed by atoms with Crippen molar-refractivity contribution in [3.63, 3.8) is 0 Å². The van der Waals surface area contributed by atoms with E-state index >= 15 is 0 Å². The molecule has 0 aliphatic heterocycles. The summed E-state index contributed by atoms with van der Waals surface area (Å²) < 4.78 is 3.61. The van der Waals surface area contributed by atoms with Gasteiger partial charge in [0, 0.05) is 11.8 Å². The monoisotopic (exact) mass is 172 g/mol. The Hall–Kier alpha value is -1.01. The molecule has 0 aromatic carbocycles. The van der Waals surface area contributed by atoms with Crippen LogP contribution in [0.4, 0.5) is 0 Å². The maximum atomic E-state index is 10.4. The SMILES string of the molecule is NC(=O)C[C@@H](N)c1csnn1. The topological polar surface area (TPSA) is 94.9 Å². The Labute approximate surface area is 67.6 Å². The Morgan fingerprint density at radius 3 is 3.00 bits per heavy atom. The van der Waals surface area contributed by atoms with Crippen LogP contribution in [0.2, 0.25) is 0 Å². The van der Waals surface area contributed by atoms with Crippen molar-refractivity contribution in [2.75, 3.05) is 0 Å². The van der Waals surface area contributed by atoms with Gasteiger partial charge in [0.2, 0.25) is 5.91 Å². The average Bonchev–Trinajstić information content (AvgIpc) is 2.35. The molecule has 5 nitrogen and oxygen atoms in total. The minimum atomic E-state index is -0.425. The predicted octanol–water partition coefficient (Wildman–Crippen LogP) is -0.587. The zero-order valence-corrected chi connectivity index (χ0v) is 6.54. The lowest BCUT2D eigenvalue weighted by Crippen LogP contribution is -2.20. The zero-order valence-electron chi connectivity index (χ0n) is 5.73. The van der Waals surface area contributed by atoms with E-state index in [2.05, 4.69) is 9.59 Å². The Balaban J connectivity index is 2.56. The molecule has 0 aliphatic carbocycles. The summed E-state index contributed by atoms with van der Waals surface area (Å²) in [5, 5.41) is 5.41. The number of primary amides is 1. The first-order valence-corrected chi connectivity index (χ1v) is 3.84. The summed E-state index contributed by atoms with van der Waals surface area (Å²) in [6, 6.07) is -0.411. The van der Waals surface area contributed by atoms with E-state index in [1.54, 1.807) is 5.38 Å². The highest BCUT2D eigenvalue weighted by molar-refractivity contribution is 7.03. The van der Waals surface area contributed by atoms with Crippen molar-refractivity contribution in [3.05, 3.63) is 11.1 Å². The molecule has 1 rings (SSSR count). The summed E-state index contributed by atoms with van der Waals surface area (Å²) in [5.41, 5.74) is 11.1. The van der Waals surface area contributed by atoms with Crippen LogP contribution in [0.1, 0.15) is 18.2 Å². The first-order chi connectivity index (χ1) is 5.20. The molecule has 60 valence electrons. The van der Waals surface area contributed by atoms with E-state index in [4.69, 9.17) is 11.5 Å². The van der Waals surface area contributed by atoms with Gasteiger partial charge in [-0.15, -0.1) is 5.10 Å². The van der Waals surface area contributed by atoms with Gasteiger partial charge in [-0.05, 0) is 11.5 Å². The van der Waals surface area contributed by atoms with Crippen LogP contribution < -0.4 is 11.5 Å². The van der Waals surface area contributed by atoms with Crippen molar-refractivity contribution in [2.24, 2.45) is 11.5 Å². The van der Waals surface area contributed by atoms with Gasteiger partial charge in [0.15, 0.2) is 0 Å². The van der Waals surface area contributed by atoms with E-state index in [0.717, 1.165) is 0 Å². The van der Waals surface area contributed by atoms with Crippen molar-refractivity contribution >= 4 is 17.4 Å². The molecule has 0 bridgehead atoms. The molecule has 0 unspecified atom stereocenters. The van der Waals surface area contributed by atoms with Crippen LogP contribution in [-0.2, 0) is 4.79 Å². The zero-order chi connectivity index (χ0) is 8.27. The minimum absolute atomic E-state index is 0.116. The summed E-state index contributed by atoms with van der Waals surface area (Å²) in [7, 11) is 0. The van der Waals surface area contributed by atoms with E-state index in [9.17, 15) is 4.79 Å². The molecule has 0 radical (unpaired) electrons. The van der Waals surface area contributed by atoms with E-state index in [-0.39, 0.29) is 6.42 Å². The highest BCUT2D eigenvalue weighted by atomic mass is 32.1. The molecule has 4 N–H and O–H groups in total. The molecule has 1 aromatic heterocycles. The van der Waals surface area contributed by atoms with Crippen molar-refractivity contribution in [1.82, 2.24) is 9.59 Å². The fraction of sp³-hybridized carbons (Fsp3) is 0.400. The first-order valence-electron chi connectivity index (χ1n) is 3.01. The van der Waals surface area contributed by atoms with E-state index in [0.29, 0.717) is 5.69 Å². The summed E-state index contributed by atoms with van der Waals surface area (Å²) >= 11 is 1.20. The van der Waals surface area contributed by atoms with Gasteiger partial charge in [0.05, 0.1) is 11.7 Å². The second-order valence-corrected chi connectivity index (χ2v) is 2.72. The quantitative estimate of drug-likeness (QED) is 0.637. The number of carbonyl (C=O) groups is 1. The molecular weight excluding hydrogens is 164 g/mol. The number of hydrogen-bond donors (Lipinski definition) is 2. The molecule has 0 saturated heterocycles. The largest absolute Gasteiger partial charge is 0.370 e. The van der Waals surface area contributed by atoms with Gasteiger partial charge in [0.1, 0.15) is 0 Å². The van der Waals surface area contributed by atoms with Crippen LogP contribution >= 0.6 is 11.5 Å². The molecule has 1 atom stereocenters. The van der Waals surface area contributed by atoms with Crippen molar-refractivity contribution in [3.8, 4) is 0 Å². The van der Waals surface area contributed by atoms with Gasteiger partial charge < -0.3 is 11.5 Å². The van der Waals surface area contributed by atoms with Gasteiger partial charge in [-0.25, -0.2) is 0 Å². The molecule has 0 saturated carbocycles. The second kappa shape index (κ2) is 3.40. The Kier molecular flexibility index (Phi) is 2.50. The molecule has 0 aliphatic rings. The van der Waals surface area contributed by atoms with Crippen LogP contribution in [0.25, 0.3) is 0 Å². The predicted molar refractivity (Wildman–Crippen MR) is 40.6 cm³/mol. The van der Waals surface area contributed by atoms with Gasteiger partial charge in [0.25, 0.3) is 0 Å². The minimum Gasteiger partial charge on any atom is -0.370 e. The third-order valence-electron chi connectivity index (χ3n) is 1.18. The van der Waals surface area contributed by atoms with Crippen LogP contribution in [0.3, 0.4) is 0 Å². The fourth-order valence-corrected chi connectivity index (χ4v) is 1.17. The Bertz CT molecular complexity index is 235. The maximum Gasteiger partial charge on any atom is 0.219 e. The summed E-state index contributed by atoms with van der Waals surface area (Å²) in [5.74, 6) is -0.425. The number of nitrogens with two attached hydrogens (primary N) is 2. The van der Waals surface area contributed by atoms with Crippen LogP contribution in [0.15, 0.2) is 5.38 Å². The Morgan fingerprint density at radius 2 is 2.55 bits per heavy atom. The number of nitrogens with zero attached hydrogens (tertiary/aromatic N) is 2. The van der Waals surface area contributed by atoms with Crippen molar-refractivity contribution < 1.29 is 4.79 Å². The summed E-state index contributed by atoms with van der Waals surface area (Å²) in [4.78, 5) is 10.4. The van der Waals surface area contributed by atoms with E-state index < -0.39 is 11.9 Å². The molecular formula is C5H8N4OS. The fourth-order valence-electron chi connectivity index (χ4n) is 0.655. The van der Waals surface area contributed by atoms with Gasteiger partial charge >= 0.3 is 0 Å². The van der Waals surface area contributed by atoms with Gasteiger partial charge in [-0.3, -0.25) is 4.79 Å². The third-order valence-corrected chi connectivity index (χ3v) is 1.70. The molecule has 0 fully saturated rings. The highest BCUT2D eigenvalue weighted by Gasteiger charge is 2.10. The molecule has 6 heteroatoms. The smallest absolute Gasteiger partial charge is 0.219 e. The van der Waals surface area contributed by atoms with Crippen LogP contribution in [0, 0.1) is 0 Å². The van der Waals surface area contributed by atoms with Crippen LogP contribution in [-0.4, -0.2) is 15.5 Å². The number of aromatic nitrogens is 2. The van der Waals surface area contributed by atoms with E-state index in [1.165, 1.54) is 11.5 Å².